The van der Waals surface area contributed by atoms with Gasteiger partial charge in [-0.3, -0.25) is 24.0 Å². The van der Waals surface area contributed by atoms with E-state index in [-0.39, 0.29) is 19.4 Å². The summed E-state index contributed by atoms with van der Waals surface area (Å²) >= 11 is 0. The maximum Gasteiger partial charge on any atom is 0.322 e. The van der Waals surface area contributed by atoms with Gasteiger partial charge in [0.25, 0.3) is 0 Å². The van der Waals surface area contributed by atoms with Gasteiger partial charge < -0.3 is 32.1 Å². The number of benzene rings is 1. The standard InChI is InChI=1S/C20H27N5O6/c21-13(10-16(22)26)20(31)25-8-4-7-15(25)19(30)24-14(18(29)23-11-17(27)28)9-12-5-2-1-3-6-12/h1-3,5-6,13-15H,4,7-11,21H2,(H2,22,26)(H,23,29)(H,24,30)(H,27,28). The van der Waals surface area contributed by atoms with Gasteiger partial charge in [-0.2, -0.15) is 0 Å². The van der Waals surface area contributed by atoms with Crippen LogP contribution in [0.15, 0.2) is 30.3 Å². The topological polar surface area (TPSA) is 185 Å². The van der Waals surface area contributed by atoms with Crippen LogP contribution in [0.25, 0.3) is 0 Å². The molecule has 1 aliphatic rings. The molecule has 7 N–H and O–H groups in total. The van der Waals surface area contributed by atoms with Crippen molar-refractivity contribution in [1.82, 2.24) is 15.5 Å². The molecule has 0 spiro atoms. The van der Waals surface area contributed by atoms with Crippen molar-refractivity contribution >= 4 is 29.6 Å². The second-order valence-corrected chi connectivity index (χ2v) is 7.33. The van der Waals surface area contributed by atoms with Crippen LogP contribution in [0.2, 0.25) is 0 Å². The summed E-state index contributed by atoms with van der Waals surface area (Å²) in [5.41, 5.74) is 11.6. The maximum absolute atomic E-state index is 12.9. The predicted octanol–water partition coefficient (Wildman–Crippen LogP) is -1.89. The number of nitrogens with one attached hydrogen (secondary N) is 2. The number of rotatable bonds is 10. The summed E-state index contributed by atoms with van der Waals surface area (Å²) in [5.74, 6) is -3.70. The number of hydrogen-bond acceptors (Lipinski definition) is 6. The molecule has 0 bridgehead atoms. The number of amides is 4. The van der Waals surface area contributed by atoms with Gasteiger partial charge in [-0.1, -0.05) is 30.3 Å². The molecule has 2 rings (SSSR count). The smallest absolute Gasteiger partial charge is 0.322 e. The van der Waals surface area contributed by atoms with E-state index in [1.54, 1.807) is 30.3 Å². The van der Waals surface area contributed by atoms with Crippen molar-refractivity contribution in [2.75, 3.05) is 13.1 Å². The minimum Gasteiger partial charge on any atom is -0.480 e. The lowest BCUT2D eigenvalue weighted by Gasteiger charge is -2.28. The lowest BCUT2D eigenvalue weighted by molar-refractivity contribution is -0.141. The van der Waals surface area contributed by atoms with E-state index in [0.29, 0.717) is 12.8 Å². The molecule has 1 aliphatic heterocycles. The van der Waals surface area contributed by atoms with Gasteiger partial charge in [0.2, 0.25) is 23.6 Å². The molecule has 11 heteroatoms. The Morgan fingerprint density at radius 3 is 2.45 bits per heavy atom. The number of aliphatic carboxylic acids is 1. The summed E-state index contributed by atoms with van der Waals surface area (Å²) in [6.45, 7) is -0.298. The van der Waals surface area contributed by atoms with Crippen molar-refractivity contribution < 1.29 is 29.1 Å². The molecule has 0 radical (unpaired) electrons. The average Bonchev–Trinajstić information content (AvgIpc) is 3.21. The molecular formula is C20H27N5O6. The number of nitrogens with two attached hydrogens (primary N) is 2. The summed E-state index contributed by atoms with van der Waals surface area (Å²) in [6, 6.07) is 5.88. The van der Waals surface area contributed by atoms with Gasteiger partial charge in [-0.25, -0.2) is 0 Å². The van der Waals surface area contributed by atoms with E-state index in [2.05, 4.69) is 10.6 Å². The summed E-state index contributed by atoms with van der Waals surface area (Å²) in [4.78, 5) is 61.1. The third-order valence-corrected chi connectivity index (χ3v) is 4.91. The molecule has 1 fully saturated rings. The Balaban J connectivity index is 2.11. The highest BCUT2D eigenvalue weighted by atomic mass is 16.4. The normalized spacial score (nSPS) is 17.5. The van der Waals surface area contributed by atoms with E-state index in [9.17, 15) is 24.0 Å². The van der Waals surface area contributed by atoms with Crippen molar-refractivity contribution in [3.63, 3.8) is 0 Å². The minimum absolute atomic E-state index is 0.139. The molecule has 0 aliphatic carbocycles. The quantitative estimate of drug-likeness (QED) is 0.285. The minimum atomic E-state index is -1.21. The SMILES string of the molecule is NC(=O)CC(N)C(=O)N1CCCC1C(=O)NC(Cc1ccccc1)C(=O)NCC(=O)O. The van der Waals surface area contributed by atoms with Crippen LogP contribution in [0.1, 0.15) is 24.8 Å². The summed E-state index contributed by atoms with van der Waals surface area (Å²) in [6.07, 6.45) is 0.731. The second-order valence-electron chi connectivity index (χ2n) is 7.33. The fraction of sp³-hybridized carbons (Fsp3) is 0.450. The van der Waals surface area contributed by atoms with Gasteiger partial charge in [-0.05, 0) is 18.4 Å². The van der Waals surface area contributed by atoms with Crippen LogP contribution in [-0.2, 0) is 30.4 Å². The molecule has 3 unspecified atom stereocenters. The van der Waals surface area contributed by atoms with E-state index >= 15 is 0 Å². The fourth-order valence-corrected chi connectivity index (χ4v) is 3.43. The first-order chi connectivity index (χ1) is 14.7. The summed E-state index contributed by atoms with van der Waals surface area (Å²) in [5, 5.41) is 13.7. The first-order valence-corrected chi connectivity index (χ1v) is 9.87. The van der Waals surface area contributed by atoms with Gasteiger partial charge in [-0.15, -0.1) is 0 Å². The molecule has 11 nitrogen and oxygen atoms in total. The molecule has 1 heterocycles. The van der Waals surface area contributed by atoms with Crippen LogP contribution in [0.3, 0.4) is 0 Å². The zero-order chi connectivity index (χ0) is 23.0. The lowest BCUT2D eigenvalue weighted by atomic mass is 10.0. The number of nitrogens with zero attached hydrogens (tertiary/aromatic N) is 1. The van der Waals surface area contributed by atoms with Gasteiger partial charge in [0, 0.05) is 13.0 Å². The van der Waals surface area contributed by atoms with Crippen molar-refractivity contribution in [1.29, 1.82) is 0 Å². The molecule has 3 atom stereocenters. The summed E-state index contributed by atoms with van der Waals surface area (Å²) < 4.78 is 0. The Kier molecular flexibility index (Phi) is 8.50. The summed E-state index contributed by atoms with van der Waals surface area (Å²) in [7, 11) is 0. The van der Waals surface area contributed by atoms with E-state index in [1.165, 1.54) is 4.90 Å². The molecule has 1 aromatic rings. The molecule has 1 saturated heterocycles. The van der Waals surface area contributed by atoms with Crippen molar-refractivity contribution in [2.45, 2.75) is 43.8 Å². The highest BCUT2D eigenvalue weighted by Gasteiger charge is 2.37. The Morgan fingerprint density at radius 2 is 1.84 bits per heavy atom. The Bertz CT molecular complexity index is 831. The largest absolute Gasteiger partial charge is 0.480 e. The van der Waals surface area contributed by atoms with Crippen LogP contribution >= 0.6 is 0 Å². The molecular weight excluding hydrogens is 406 g/mol. The zero-order valence-electron chi connectivity index (χ0n) is 17.0. The molecule has 0 aromatic heterocycles. The molecule has 1 aromatic carbocycles. The zero-order valence-corrected chi connectivity index (χ0v) is 17.0. The first-order valence-electron chi connectivity index (χ1n) is 9.87. The Hall–Kier alpha value is -3.47. The molecule has 31 heavy (non-hydrogen) atoms. The monoisotopic (exact) mass is 433 g/mol. The number of likely N-dealkylation sites (tertiary alicyclic amines) is 1. The van der Waals surface area contributed by atoms with Crippen molar-refractivity contribution in [2.24, 2.45) is 11.5 Å². The first kappa shape index (κ1) is 23.8. The second kappa shape index (κ2) is 11.1. The van der Waals surface area contributed by atoms with Gasteiger partial charge >= 0.3 is 5.97 Å². The maximum atomic E-state index is 12.9. The highest BCUT2D eigenvalue weighted by Crippen LogP contribution is 2.19. The van der Waals surface area contributed by atoms with Crippen LogP contribution in [-0.4, -0.2) is 70.8 Å². The van der Waals surface area contributed by atoms with Crippen molar-refractivity contribution in [3.8, 4) is 0 Å². The number of hydrogen-bond donors (Lipinski definition) is 5. The number of primary amides is 1. The van der Waals surface area contributed by atoms with Crippen LogP contribution in [0.5, 0.6) is 0 Å². The van der Waals surface area contributed by atoms with Gasteiger partial charge in [0.05, 0.1) is 12.5 Å². The highest BCUT2D eigenvalue weighted by molar-refractivity contribution is 5.95. The molecule has 168 valence electrons. The Morgan fingerprint density at radius 1 is 1.16 bits per heavy atom. The third kappa shape index (κ3) is 7.07. The number of carbonyl (C=O) groups is 5. The third-order valence-electron chi connectivity index (χ3n) is 4.91. The Labute approximate surface area is 179 Å². The average molecular weight is 433 g/mol. The van der Waals surface area contributed by atoms with Crippen LogP contribution < -0.4 is 22.1 Å². The van der Waals surface area contributed by atoms with Gasteiger partial charge in [0.15, 0.2) is 0 Å². The van der Waals surface area contributed by atoms with Crippen molar-refractivity contribution in [3.05, 3.63) is 35.9 Å². The van der Waals surface area contributed by atoms with E-state index in [4.69, 9.17) is 16.6 Å². The molecule has 0 saturated carbocycles. The number of carboxylic acid groups (broad SMARTS) is 1. The lowest BCUT2D eigenvalue weighted by Crippen LogP contribution is -2.56. The fourth-order valence-electron chi connectivity index (χ4n) is 3.43. The van der Waals surface area contributed by atoms with Crippen LogP contribution in [0, 0.1) is 0 Å². The number of carbonyl (C=O) groups excluding carboxylic acids is 4. The van der Waals surface area contributed by atoms with E-state index < -0.39 is 54.3 Å². The number of carboxylic acids is 1. The van der Waals surface area contributed by atoms with E-state index in [1.807, 2.05) is 0 Å². The van der Waals surface area contributed by atoms with E-state index in [0.717, 1.165) is 5.56 Å². The molecule has 4 amide bonds. The van der Waals surface area contributed by atoms with Gasteiger partial charge in [0.1, 0.15) is 18.6 Å². The van der Waals surface area contributed by atoms with Crippen LogP contribution in [0.4, 0.5) is 0 Å². The predicted molar refractivity (Wildman–Crippen MR) is 109 cm³/mol.